The summed E-state index contributed by atoms with van der Waals surface area (Å²) in [5.41, 5.74) is 6.02. The smallest absolute Gasteiger partial charge is 0.347 e. The van der Waals surface area contributed by atoms with Crippen LogP contribution in [0.4, 0.5) is 0 Å². The van der Waals surface area contributed by atoms with E-state index in [1.54, 1.807) is 13.0 Å². The summed E-state index contributed by atoms with van der Waals surface area (Å²) in [4.78, 5) is 11.8. The predicted octanol–water partition coefficient (Wildman–Crippen LogP) is 0.180. The van der Waals surface area contributed by atoms with Gasteiger partial charge in [-0.2, -0.15) is 0 Å². The van der Waals surface area contributed by atoms with Gasteiger partial charge in [0.05, 0.1) is 11.5 Å². The van der Waals surface area contributed by atoms with E-state index in [0.717, 1.165) is 0 Å². The van der Waals surface area contributed by atoms with E-state index in [1.165, 1.54) is 12.1 Å². The maximum Gasteiger partial charge on any atom is 0.347 e. The van der Waals surface area contributed by atoms with Crippen LogP contribution in [0.2, 0.25) is 0 Å². The molecule has 8 heteroatoms. The molecule has 1 aromatic carbocycles. The molecule has 0 radical (unpaired) electrons. The number of ether oxygens (including phenoxy) is 2. The first-order valence-corrected chi connectivity index (χ1v) is 8.62. The highest BCUT2D eigenvalue weighted by Gasteiger charge is 2.31. The molecule has 7 nitrogen and oxygen atoms in total. The van der Waals surface area contributed by atoms with Crippen molar-refractivity contribution in [1.29, 1.82) is 0 Å². The molecular formula is C14H20N2O5S. The van der Waals surface area contributed by atoms with Crippen molar-refractivity contribution in [2.24, 2.45) is 5.73 Å². The van der Waals surface area contributed by atoms with Gasteiger partial charge in [0.1, 0.15) is 5.75 Å². The lowest BCUT2D eigenvalue weighted by Crippen LogP contribution is -2.27. The highest BCUT2D eigenvalue weighted by molar-refractivity contribution is 7.89. The fourth-order valence-electron chi connectivity index (χ4n) is 2.15. The van der Waals surface area contributed by atoms with Gasteiger partial charge in [-0.15, -0.1) is 0 Å². The van der Waals surface area contributed by atoms with Gasteiger partial charge in [-0.25, -0.2) is 17.9 Å². The van der Waals surface area contributed by atoms with Crippen molar-refractivity contribution in [1.82, 2.24) is 4.72 Å². The van der Waals surface area contributed by atoms with Gasteiger partial charge < -0.3 is 15.2 Å². The molecule has 1 atom stereocenters. The van der Waals surface area contributed by atoms with Crippen LogP contribution in [0.15, 0.2) is 23.1 Å². The molecule has 1 aliphatic rings. The van der Waals surface area contributed by atoms with E-state index >= 15 is 0 Å². The van der Waals surface area contributed by atoms with Crippen molar-refractivity contribution in [2.45, 2.75) is 30.8 Å². The average molecular weight is 328 g/mol. The molecule has 1 unspecified atom stereocenters. The Bertz CT molecular complexity index is 645. The molecule has 1 heterocycles. The van der Waals surface area contributed by atoms with Gasteiger partial charge in [0.25, 0.3) is 0 Å². The summed E-state index contributed by atoms with van der Waals surface area (Å²) < 4.78 is 37.2. The van der Waals surface area contributed by atoms with Gasteiger partial charge in [0.2, 0.25) is 10.0 Å². The van der Waals surface area contributed by atoms with Crippen molar-refractivity contribution in [3.8, 4) is 5.75 Å². The zero-order chi connectivity index (χ0) is 16.2. The van der Waals surface area contributed by atoms with Crippen LogP contribution in [0.3, 0.4) is 0 Å². The number of fused-ring (bicyclic) bond motifs is 1. The van der Waals surface area contributed by atoms with E-state index in [-0.39, 0.29) is 18.0 Å². The Labute approximate surface area is 129 Å². The molecular weight excluding hydrogens is 308 g/mol. The Morgan fingerprint density at radius 3 is 2.95 bits per heavy atom. The fourth-order valence-corrected chi connectivity index (χ4v) is 3.28. The van der Waals surface area contributed by atoms with E-state index in [0.29, 0.717) is 30.7 Å². The van der Waals surface area contributed by atoms with Gasteiger partial charge in [0.15, 0.2) is 6.10 Å². The van der Waals surface area contributed by atoms with E-state index in [4.69, 9.17) is 15.2 Å². The van der Waals surface area contributed by atoms with E-state index in [9.17, 15) is 13.2 Å². The number of rotatable bonds is 7. The molecule has 0 aromatic heterocycles. The topological polar surface area (TPSA) is 108 Å². The standard InChI is InChI=1S/C14H20N2O5S/c1-2-20-14(17)13-9-10-8-11(4-5-12(10)21-13)22(18,19)16-7-3-6-15/h4-5,8,13,16H,2-3,6-7,9,15H2,1H3. The van der Waals surface area contributed by atoms with Crippen LogP contribution in [0.5, 0.6) is 5.75 Å². The minimum absolute atomic E-state index is 0.149. The van der Waals surface area contributed by atoms with Gasteiger partial charge in [-0.1, -0.05) is 0 Å². The first-order valence-electron chi connectivity index (χ1n) is 7.14. The van der Waals surface area contributed by atoms with Crippen molar-refractivity contribution in [2.75, 3.05) is 19.7 Å². The third-order valence-corrected chi connectivity index (χ3v) is 4.70. The van der Waals surface area contributed by atoms with Crippen LogP contribution in [-0.2, 0) is 26.0 Å². The summed E-state index contributed by atoms with van der Waals surface area (Å²) in [6, 6.07) is 4.54. The highest BCUT2D eigenvalue weighted by atomic mass is 32.2. The van der Waals surface area contributed by atoms with E-state index in [2.05, 4.69) is 4.72 Å². The summed E-state index contributed by atoms with van der Waals surface area (Å²) in [7, 11) is -3.58. The number of benzene rings is 1. The second kappa shape index (κ2) is 7.08. The number of hydrogen-bond donors (Lipinski definition) is 2. The molecule has 3 N–H and O–H groups in total. The number of carbonyl (C=O) groups excluding carboxylic acids is 1. The second-order valence-corrected chi connectivity index (χ2v) is 6.64. The van der Waals surface area contributed by atoms with Gasteiger partial charge in [-0.05, 0) is 43.7 Å². The van der Waals surface area contributed by atoms with Crippen LogP contribution in [0.1, 0.15) is 18.9 Å². The van der Waals surface area contributed by atoms with Crippen molar-refractivity contribution >= 4 is 16.0 Å². The molecule has 0 saturated heterocycles. The number of hydrogen-bond acceptors (Lipinski definition) is 6. The molecule has 0 fully saturated rings. The number of nitrogens with two attached hydrogens (primary N) is 1. The predicted molar refractivity (Wildman–Crippen MR) is 80.1 cm³/mol. The summed E-state index contributed by atoms with van der Waals surface area (Å²) in [6.45, 7) is 2.71. The Hall–Kier alpha value is -1.64. The van der Waals surface area contributed by atoms with Crippen molar-refractivity contribution in [3.05, 3.63) is 23.8 Å². The van der Waals surface area contributed by atoms with Gasteiger partial charge in [0, 0.05) is 13.0 Å². The van der Waals surface area contributed by atoms with Crippen LogP contribution >= 0.6 is 0 Å². The van der Waals surface area contributed by atoms with Gasteiger partial charge >= 0.3 is 5.97 Å². The van der Waals surface area contributed by atoms with Crippen LogP contribution in [0, 0.1) is 0 Å². The van der Waals surface area contributed by atoms with Crippen LogP contribution < -0.4 is 15.2 Å². The lowest BCUT2D eigenvalue weighted by atomic mass is 10.1. The summed E-state index contributed by atoms with van der Waals surface area (Å²) in [5.74, 6) is 0.0724. The summed E-state index contributed by atoms with van der Waals surface area (Å²) >= 11 is 0. The number of carbonyl (C=O) groups is 1. The van der Waals surface area contributed by atoms with Crippen LogP contribution in [0.25, 0.3) is 0 Å². The minimum atomic E-state index is -3.58. The molecule has 1 aromatic rings. The zero-order valence-electron chi connectivity index (χ0n) is 12.4. The number of nitrogens with one attached hydrogen (secondary N) is 1. The Balaban J connectivity index is 2.11. The normalized spacial score (nSPS) is 16.9. The first kappa shape index (κ1) is 16.7. The highest BCUT2D eigenvalue weighted by Crippen LogP contribution is 2.31. The maximum atomic E-state index is 12.1. The van der Waals surface area contributed by atoms with Gasteiger partial charge in [-0.3, -0.25) is 0 Å². The molecule has 0 spiro atoms. The van der Waals surface area contributed by atoms with Crippen molar-refractivity contribution < 1.29 is 22.7 Å². The maximum absolute atomic E-state index is 12.1. The molecule has 0 amide bonds. The van der Waals surface area contributed by atoms with Crippen LogP contribution in [-0.4, -0.2) is 40.2 Å². The summed E-state index contributed by atoms with van der Waals surface area (Å²) in [6.07, 6.45) is 0.163. The molecule has 2 rings (SSSR count). The molecule has 0 bridgehead atoms. The quantitative estimate of drug-likeness (QED) is 0.546. The molecule has 0 saturated carbocycles. The Morgan fingerprint density at radius 1 is 1.50 bits per heavy atom. The SMILES string of the molecule is CCOC(=O)C1Cc2cc(S(=O)(=O)NCCCN)ccc2O1. The van der Waals surface area contributed by atoms with E-state index < -0.39 is 22.1 Å². The van der Waals surface area contributed by atoms with E-state index in [1.807, 2.05) is 0 Å². The largest absolute Gasteiger partial charge is 0.478 e. The lowest BCUT2D eigenvalue weighted by molar-refractivity contribution is -0.150. The zero-order valence-corrected chi connectivity index (χ0v) is 13.2. The Morgan fingerprint density at radius 2 is 2.27 bits per heavy atom. The molecule has 0 aliphatic carbocycles. The summed E-state index contributed by atoms with van der Waals surface area (Å²) in [5, 5.41) is 0. The minimum Gasteiger partial charge on any atom is -0.478 e. The van der Waals surface area contributed by atoms with Crippen molar-refractivity contribution in [3.63, 3.8) is 0 Å². The third kappa shape index (κ3) is 3.76. The average Bonchev–Trinajstić information content (AvgIpc) is 2.90. The monoisotopic (exact) mass is 328 g/mol. The first-order chi connectivity index (χ1) is 10.5. The number of sulfonamides is 1. The molecule has 22 heavy (non-hydrogen) atoms. The molecule has 122 valence electrons. The second-order valence-electron chi connectivity index (χ2n) is 4.87. The third-order valence-electron chi connectivity index (χ3n) is 3.24. The lowest BCUT2D eigenvalue weighted by Gasteiger charge is -2.08. The number of esters is 1. The Kier molecular flexibility index (Phi) is 5.38. The fraction of sp³-hybridized carbons (Fsp3) is 0.500. The molecule has 1 aliphatic heterocycles.